The Bertz CT molecular complexity index is 1910. The van der Waals surface area contributed by atoms with E-state index >= 15 is 0 Å². The number of phosphoric acid groups is 1. The van der Waals surface area contributed by atoms with Gasteiger partial charge < -0.3 is 27.9 Å². The van der Waals surface area contributed by atoms with Gasteiger partial charge in [0, 0.05) is 12.8 Å². The van der Waals surface area contributed by atoms with Crippen LogP contribution in [0.25, 0.3) is 0 Å². The second-order valence-electron chi connectivity index (χ2n) is 26.6. The lowest BCUT2D eigenvalue weighted by molar-refractivity contribution is -0.870. The summed E-state index contributed by atoms with van der Waals surface area (Å²) in [6.07, 6.45) is 101. The number of hydrogen-bond acceptors (Lipinski definition) is 8. The molecule has 0 amide bonds. The number of nitrogens with zero attached hydrogens (tertiary/aromatic N) is 1. The van der Waals surface area contributed by atoms with Gasteiger partial charge in [0.1, 0.15) is 19.8 Å². The van der Waals surface area contributed by atoms with E-state index in [2.05, 4.69) is 123 Å². The molecule has 2 atom stereocenters. The molecule has 0 bridgehead atoms. The summed E-state index contributed by atoms with van der Waals surface area (Å²) in [4.78, 5) is 38.1. The third-order valence-corrected chi connectivity index (χ3v) is 17.5. The third kappa shape index (κ3) is 75.6. The van der Waals surface area contributed by atoms with E-state index in [0.29, 0.717) is 17.4 Å². The Balaban J connectivity index is 4.05. The Morgan fingerprint density at radius 3 is 0.934 bits per heavy atom. The standard InChI is InChI=1S/C81H144NO8P/c1-6-8-10-12-14-16-18-20-22-24-26-28-30-32-34-36-38-40-41-42-44-46-48-50-52-54-56-58-60-62-64-66-68-70-72-74-81(84)90-79(78-89-91(85,86)88-76-75-82(3,4)5)77-87-80(83)73-71-69-67-65-63-61-59-57-55-53-51-49-47-45-43-39-37-35-33-31-29-27-25-23-21-19-17-15-13-11-9-7-2/h8,10,14,16,20,22,26,28,32,34,38,40,42,44,48,50,54,56,79H,6-7,9,11-13,15,17-19,21,23-25,27,29-31,33,35-37,39,41,43,45-47,49,51-53,55,57-78H2,1-5H3/b10-8-,16-14-,22-20-,28-26-,34-32-,40-38-,44-42-,50-48-,56-54-. The van der Waals surface area contributed by atoms with Crippen molar-refractivity contribution >= 4 is 19.8 Å². The molecule has 0 saturated carbocycles. The van der Waals surface area contributed by atoms with E-state index < -0.39 is 26.5 Å². The number of carbonyl (C=O) groups is 2. The smallest absolute Gasteiger partial charge is 0.306 e. The van der Waals surface area contributed by atoms with Crippen molar-refractivity contribution < 1.29 is 42.1 Å². The number of allylic oxidation sites excluding steroid dienone is 18. The van der Waals surface area contributed by atoms with E-state index in [4.69, 9.17) is 18.5 Å². The monoisotopic (exact) mass is 1290 g/mol. The van der Waals surface area contributed by atoms with E-state index in [-0.39, 0.29) is 32.0 Å². The maximum Gasteiger partial charge on any atom is 0.306 e. The molecule has 0 aliphatic carbocycles. The summed E-state index contributed by atoms with van der Waals surface area (Å²) in [6, 6.07) is 0. The van der Waals surface area contributed by atoms with Crippen molar-refractivity contribution in [3.05, 3.63) is 109 Å². The first-order valence-corrected chi connectivity index (χ1v) is 39.6. The van der Waals surface area contributed by atoms with Crippen LogP contribution in [0.2, 0.25) is 0 Å². The first kappa shape index (κ1) is 87.7. The number of quaternary nitrogens is 1. The van der Waals surface area contributed by atoms with E-state index in [1.54, 1.807) is 0 Å². The lowest BCUT2D eigenvalue weighted by Crippen LogP contribution is -2.37. The molecule has 0 saturated heterocycles. The highest BCUT2D eigenvalue weighted by Crippen LogP contribution is 2.38. The second-order valence-corrected chi connectivity index (χ2v) is 28.1. The van der Waals surface area contributed by atoms with Crippen LogP contribution in [0.4, 0.5) is 0 Å². The predicted molar refractivity (Wildman–Crippen MR) is 392 cm³/mol. The van der Waals surface area contributed by atoms with Crippen molar-refractivity contribution in [2.75, 3.05) is 47.5 Å². The Hall–Kier alpha value is -3.33. The second kappa shape index (κ2) is 71.0. The Morgan fingerprint density at radius 1 is 0.352 bits per heavy atom. The van der Waals surface area contributed by atoms with Gasteiger partial charge in [0.25, 0.3) is 7.82 Å². The maximum atomic E-state index is 12.9. The summed E-state index contributed by atoms with van der Waals surface area (Å²) in [7, 11) is 1.16. The van der Waals surface area contributed by atoms with Gasteiger partial charge in [-0.15, -0.1) is 0 Å². The Kier molecular flexibility index (Phi) is 68.4. The summed E-state index contributed by atoms with van der Waals surface area (Å²) in [5.74, 6) is -0.838. The van der Waals surface area contributed by atoms with Crippen molar-refractivity contribution in [3.8, 4) is 0 Å². The summed E-state index contributed by atoms with van der Waals surface area (Å²) in [5.41, 5.74) is 0. The molecule has 0 spiro atoms. The number of phosphoric ester groups is 1. The highest BCUT2D eigenvalue weighted by atomic mass is 31.2. The van der Waals surface area contributed by atoms with Gasteiger partial charge in [-0.3, -0.25) is 14.2 Å². The lowest BCUT2D eigenvalue weighted by atomic mass is 10.0. The molecular weight excluding hydrogens is 1150 g/mol. The fourth-order valence-electron chi connectivity index (χ4n) is 10.8. The number of hydrogen-bond donors (Lipinski definition) is 0. The minimum absolute atomic E-state index is 0.0366. The number of esters is 2. The fourth-order valence-corrected chi connectivity index (χ4v) is 11.5. The van der Waals surface area contributed by atoms with Crippen LogP contribution in [0.15, 0.2) is 109 Å². The molecule has 0 heterocycles. The molecular formula is C81H144NO8P. The van der Waals surface area contributed by atoms with Gasteiger partial charge in [-0.2, -0.15) is 0 Å². The average Bonchev–Trinajstić information content (AvgIpc) is 3.73. The Morgan fingerprint density at radius 2 is 0.626 bits per heavy atom. The molecule has 0 aromatic carbocycles. The summed E-state index contributed by atoms with van der Waals surface area (Å²) in [6.45, 7) is 4.15. The molecule has 0 radical (unpaired) electrons. The van der Waals surface area contributed by atoms with Crippen molar-refractivity contribution in [1.29, 1.82) is 0 Å². The van der Waals surface area contributed by atoms with E-state index in [1.165, 1.54) is 205 Å². The van der Waals surface area contributed by atoms with Crippen molar-refractivity contribution in [2.45, 2.75) is 347 Å². The third-order valence-electron chi connectivity index (χ3n) is 16.6. The molecule has 0 fully saturated rings. The molecule has 0 aliphatic heterocycles. The van der Waals surface area contributed by atoms with Gasteiger partial charge in [-0.05, 0) is 83.5 Å². The molecule has 526 valence electrons. The number of carbonyl (C=O) groups excluding carboxylic acids is 2. The van der Waals surface area contributed by atoms with Gasteiger partial charge in [-0.1, -0.05) is 354 Å². The molecule has 0 aliphatic rings. The zero-order chi connectivity index (χ0) is 66.2. The van der Waals surface area contributed by atoms with Crippen LogP contribution in [0.5, 0.6) is 0 Å². The number of likely N-dealkylation sites (N-methyl/N-ethyl adjacent to an activating group) is 1. The van der Waals surface area contributed by atoms with Gasteiger partial charge in [0.05, 0.1) is 27.7 Å². The molecule has 0 N–H and O–H groups in total. The molecule has 2 unspecified atom stereocenters. The number of rotatable bonds is 70. The van der Waals surface area contributed by atoms with Gasteiger partial charge in [0.15, 0.2) is 6.10 Å². The zero-order valence-electron chi connectivity index (χ0n) is 60.0. The topological polar surface area (TPSA) is 111 Å². The molecule has 0 rings (SSSR count). The number of ether oxygens (including phenoxy) is 2. The summed E-state index contributed by atoms with van der Waals surface area (Å²) >= 11 is 0. The first-order valence-electron chi connectivity index (χ1n) is 38.1. The molecule has 10 heteroatoms. The quantitative estimate of drug-likeness (QED) is 0.0195. The fraction of sp³-hybridized carbons (Fsp3) is 0.753. The van der Waals surface area contributed by atoms with Crippen molar-refractivity contribution in [2.24, 2.45) is 0 Å². The number of unbranched alkanes of at least 4 members (excludes halogenated alkanes) is 38. The largest absolute Gasteiger partial charge is 0.756 e. The van der Waals surface area contributed by atoms with Crippen LogP contribution in [0.1, 0.15) is 341 Å². The van der Waals surface area contributed by atoms with Crippen LogP contribution in [-0.4, -0.2) is 70.0 Å². The zero-order valence-corrected chi connectivity index (χ0v) is 60.9. The van der Waals surface area contributed by atoms with Gasteiger partial charge in [0.2, 0.25) is 0 Å². The van der Waals surface area contributed by atoms with Crippen molar-refractivity contribution in [3.63, 3.8) is 0 Å². The van der Waals surface area contributed by atoms with Gasteiger partial charge >= 0.3 is 11.9 Å². The molecule has 0 aromatic rings. The van der Waals surface area contributed by atoms with Crippen LogP contribution < -0.4 is 4.89 Å². The minimum Gasteiger partial charge on any atom is -0.756 e. The highest BCUT2D eigenvalue weighted by molar-refractivity contribution is 7.45. The first-order chi connectivity index (χ1) is 44.5. The van der Waals surface area contributed by atoms with Crippen LogP contribution >= 0.6 is 7.82 Å². The van der Waals surface area contributed by atoms with Crippen molar-refractivity contribution in [1.82, 2.24) is 0 Å². The van der Waals surface area contributed by atoms with E-state index in [1.807, 2.05) is 21.1 Å². The minimum atomic E-state index is -4.65. The van der Waals surface area contributed by atoms with Crippen LogP contribution in [0, 0.1) is 0 Å². The van der Waals surface area contributed by atoms with E-state index in [0.717, 1.165) is 103 Å². The maximum absolute atomic E-state index is 12.9. The normalized spacial score (nSPS) is 13.7. The van der Waals surface area contributed by atoms with Crippen LogP contribution in [-0.2, 0) is 32.7 Å². The molecule has 0 aromatic heterocycles. The highest BCUT2D eigenvalue weighted by Gasteiger charge is 2.22. The van der Waals surface area contributed by atoms with E-state index in [9.17, 15) is 19.0 Å². The average molecular weight is 1290 g/mol. The molecule has 91 heavy (non-hydrogen) atoms. The molecule has 9 nitrogen and oxygen atoms in total. The SMILES string of the molecule is CC/C=C\C/C=C\C/C=C\C/C=C\C/C=C\C/C=C\C/C=C\C/C=C\C/C=C\CCCCCCCCCC(=O)OC(COC(=O)CCCCCCCCCCCCCCCCCCCCCCCCCCCCCCCCCC)COP(=O)([O-])OCC[N+](C)(C)C. The Labute approximate surface area is 563 Å². The lowest BCUT2D eigenvalue weighted by Gasteiger charge is -2.28. The summed E-state index contributed by atoms with van der Waals surface area (Å²) in [5, 5.41) is 0. The predicted octanol–water partition coefficient (Wildman–Crippen LogP) is 24.6. The summed E-state index contributed by atoms with van der Waals surface area (Å²) < 4.78 is 34.4. The van der Waals surface area contributed by atoms with Gasteiger partial charge in [-0.25, -0.2) is 0 Å². The van der Waals surface area contributed by atoms with Crippen LogP contribution in [0.3, 0.4) is 0 Å².